The normalized spacial score (nSPS) is 31.1. The lowest BCUT2D eigenvalue weighted by molar-refractivity contribution is -0.00517. The van der Waals surface area contributed by atoms with E-state index in [0.717, 1.165) is 34.2 Å². The molecule has 4 bridgehead atoms. The Morgan fingerprint density at radius 2 is 1.56 bits per heavy atom. The smallest absolute Gasteiger partial charge is 0.335 e. The Labute approximate surface area is 164 Å². The maximum atomic E-state index is 11.0. The minimum Gasteiger partial charge on any atom is -0.478 e. The molecule has 140 valence electrons. The molecule has 0 aliphatic heterocycles. The van der Waals surface area contributed by atoms with Crippen molar-refractivity contribution in [1.82, 2.24) is 0 Å². The summed E-state index contributed by atoms with van der Waals surface area (Å²) in [4.78, 5) is 11.0. The van der Waals surface area contributed by atoms with Crippen LogP contribution in [0.2, 0.25) is 5.02 Å². The van der Waals surface area contributed by atoms with Crippen LogP contribution in [0.5, 0.6) is 0 Å². The standard InChI is InChI=1S/C23H24ClNO2/c24-20-10-18(23-11-14-7-15(12-23)9-16(8-14)13-23)3-6-21(20)25-19-4-1-17(2-5-19)22(26)27/h1-6,10,14-16,25H,7-9,11-13H2,(H,26,27). The predicted octanol–water partition coefficient (Wildman–Crippen LogP) is 6.25. The molecule has 0 unspecified atom stereocenters. The lowest BCUT2D eigenvalue weighted by atomic mass is 9.48. The van der Waals surface area contributed by atoms with Crippen molar-refractivity contribution in [2.75, 3.05) is 5.32 Å². The van der Waals surface area contributed by atoms with Gasteiger partial charge in [0.2, 0.25) is 0 Å². The van der Waals surface area contributed by atoms with Crippen molar-refractivity contribution in [2.45, 2.75) is 43.9 Å². The first-order chi connectivity index (χ1) is 13.0. The van der Waals surface area contributed by atoms with E-state index in [1.165, 1.54) is 44.1 Å². The van der Waals surface area contributed by atoms with Gasteiger partial charge in [0.15, 0.2) is 0 Å². The molecule has 0 saturated heterocycles. The molecule has 27 heavy (non-hydrogen) atoms. The van der Waals surface area contributed by atoms with Crippen molar-refractivity contribution in [3.05, 3.63) is 58.6 Å². The summed E-state index contributed by atoms with van der Waals surface area (Å²) in [6.45, 7) is 0. The van der Waals surface area contributed by atoms with Crippen molar-refractivity contribution in [3.8, 4) is 0 Å². The van der Waals surface area contributed by atoms with Gasteiger partial charge in [-0.25, -0.2) is 4.79 Å². The molecule has 0 heterocycles. The number of hydrogen-bond donors (Lipinski definition) is 2. The first-order valence-corrected chi connectivity index (χ1v) is 10.3. The summed E-state index contributed by atoms with van der Waals surface area (Å²) in [5, 5.41) is 13.1. The third-order valence-corrected chi connectivity index (χ3v) is 7.34. The highest BCUT2D eigenvalue weighted by Gasteiger charge is 2.51. The SMILES string of the molecule is O=C(O)c1ccc(Nc2ccc(C34CC5CC(CC(C5)C3)C4)cc2Cl)cc1. The van der Waals surface area contributed by atoms with Gasteiger partial charge in [0.05, 0.1) is 16.3 Å². The minimum atomic E-state index is -0.917. The van der Waals surface area contributed by atoms with E-state index in [2.05, 4.69) is 23.5 Å². The van der Waals surface area contributed by atoms with E-state index in [9.17, 15) is 4.79 Å². The molecular weight excluding hydrogens is 358 g/mol. The summed E-state index contributed by atoms with van der Waals surface area (Å²) in [5.74, 6) is 1.83. The zero-order valence-corrected chi connectivity index (χ0v) is 16.0. The number of nitrogens with one attached hydrogen (secondary N) is 1. The predicted molar refractivity (Wildman–Crippen MR) is 108 cm³/mol. The quantitative estimate of drug-likeness (QED) is 0.658. The molecule has 4 saturated carbocycles. The van der Waals surface area contributed by atoms with E-state index in [1.807, 2.05) is 0 Å². The zero-order chi connectivity index (χ0) is 18.6. The van der Waals surface area contributed by atoms with Gasteiger partial charge >= 0.3 is 5.97 Å². The van der Waals surface area contributed by atoms with E-state index in [-0.39, 0.29) is 5.56 Å². The van der Waals surface area contributed by atoms with Crippen LogP contribution < -0.4 is 5.32 Å². The Morgan fingerprint density at radius 1 is 0.963 bits per heavy atom. The molecule has 0 amide bonds. The molecule has 4 heteroatoms. The fraction of sp³-hybridized carbons (Fsp3) is 0.435. The molecule has 0 atom stereocenters. The van der Waals surface area contributed by atoms with Crippen LogP contribution in [0.3, 0.4) is 0 Å². The summed E-state index contributed by atoms with van der Waals surface area (Å²) < 4.78 is 0. The van der Waals surface area contributed by atoms with Crippen LogP contribution >= 0.6 is 11.6 Å². The fourth-order valence-electron chi connectivity index (χ4n) is 6.26. The van der Waals surface area contributed by atoms with Crippen molar-refractivity contribution in [1.29, 1.82) is 0 Å². The highest BCUT2D eigenvalue weighted by Crippen LogP contribution is 2.61. The molecule has 0 spiro atoms. The summed E-state index contributed by atoms with van der Waals surface area (Å²) in [6.07, 6.45) is 8.33. The Bertz CT molecular complexity index is 854. The third-order valence-electron chi connectivity index (χ3n) is 7.03. The largest absolute Gasteiger partial charge is 0.478 e. The molecule has 4 aliphatic carbocycles. The summed E-state index contributed by atoms with van der Waals surface area (Å²) in [7, 11) is 0. The zero-order valence-electron chi connectivity index (χ0n) is 15.2. The number of carboxylic acids is 1. The van der Waals surface area contributed by atoms with Gasteiger partial charge < -0.3 is 10.4 Å². The van der Waals surface area contributed by atoms with Crippen molar-refractivity contribution in [2.24, 2.45) is 17.8 Å². The van der Waals surface area contributed by atoms with Crippen LogP contribution in [0.1, 0.15) is 54.4 Å². The van der Waals surface area contributed by atoms with E-state index >= 15 is 0 Å². The van der Waals surface area contributed by atoms with Crippen molar-refractivity contribution >= 4 is 28.9 Å². The van der Waals surface area contributed by atoms with Crippen molar-refractivity contribution in [3.63, 3.8) is 0 Å². The van der Waals surface area contributed by atoms with Crippen LogP contribution in [-0.4, -0.2) is 11.1 Å². The van der Waals surface area contributed by atoms with Gasteiger partial charge in [-0.2, -0.15) is 0 Å². The number of benzene rings is 2. The topological polar surface area (TPSA) is 49.3 Å². The van der Waals surface area contributed by atoms with Gasteiger partial charge in [0, 0.05) is 5.69 Å². The number of aromatic carboxylic acids is 1. The van der Waals surface area contributed by atoms with Crippen LogP contribution in [0.4, 0.5) is 11.4 Å². The second-order valence-corrected chi connectivity index (χ2v) is 9.31. The lowest BCUT2D eigenvalue weighted by Crippen LogP contribution is -2.48. The fourth-order valence-corrected chi connectivity index (χ4v) is 6.49. The number of carboxylic acid groups (broad SMARTS) is 1. The van der Waals surface area contributed by atoms with Gasteiger partial charge in [-0.05, 0) is 104 Å². The maximum Gasteiger partial charge on any atom is 0.335 e. The Hall–Kier alpha value is -2.00. The molecule has 4 fully saturated rings. The average molecular weight is 382 g/mol. The first kappa shape index (κ1) is 17.1. The van der Waals surface area contributed by atoms with E-state index in [4.69, 9.17) is 16.7 Å². The third kappa shape index (κ3) is 3.02. The van der Waals surface area contributed by atoms with E-state index in [1.54, 1.807) is 24.3 Å². The Balaban J connectivity index is 1.39. The first-order valence-electron chi connectivity index (χ1n) is 9.91. The molecule has 0 radical (unpaired) electrons. The van der Waals surface area contributed by atoms with Crippen LogP contribution in [-0.2, 0) is 5.41 Å². The maximum absolute atomic E-state index is 11.0. The van der Waals surface area contributed by atoms with Gasteiger partial charge in [-0.3, -0.25) is 0 Å². The van der Waals surface area contributed by atoms with Gasteiger partial charge in [0.25, 0.3) is 0 Å². The highest BCUT2D eigenvalue weighted by molar-refractivity contribution is 6.33. The molecule has 0 aromatic heterocycles. The molecule has 2 aromatic carbocycles. The summed E-state index contributed by atoms with van der Waals surface area (Å²) >= 11 is 6.64. The molecular formula is C23H24ClNO2. The number of halogens is 1. The van der Waals surface area contributed by atoms with Gasteiger partial charge in [-0.1, -0.05) is 17.7 Å². The number of carbonyl (C=O) groups is 1. The second-order valence-electron chi connectivity index (χ2n) is 8.90. The molecule has 6 rings (SSSR count). The van der Waals surface area contributed by atoms with Gasteiger partial charge in [-0.15, -0.1) is 0 Å². The van der Waals surface area contributed by atoms with Crippen LogP contribution in [0.25, 0.3) is 0 Å². The molecule has 3 nitrogen and oxygen atoms in total. The number of rotatable bonds is 4. The minimum absolute atomic E-state index is 0.281. The van der Waals surface area contributed by atoms with Gasteiger partial charge in [0.1, 0.15) is 0 Å². The van der Waals surface area contributed by atoms with E-state index in [0.29, 0.717) is 5.41 Å². The highest BCUT2D eigenvalue weighted by atomic mass is 35.5. The monoisotopic (exact) mass is 381 g/mol. The summed E-state index contributed by atoms with van der Waals surface area (Å²) in [6, 6.07) is 13.3. The Kier molecular flexibility index (Phi) is 3.98. The van der Waals surface area contributed by atoms with E-state index < -0.39 is 5.97 Å². The molecule has 4 aliphatic rings. The molecule has 2 aromatic rings. The summed E-state index contributed by atoms with van der Waals surface area (Å²) in [5.41, 5.74) is 3.75. The Morgan fingerprint density at radius 3 is 2.07 bits per heavy atom. The average Bonchev–Trinajstić information content (AvgIpc) is 2.62. The van der Waals surface area contributed by atoms with Crippen LogP contribution in [0.15, 0.2) is 42.5 Å². The van der Waals surface area contributed by atoms with Crippen LogP contribution in [0, 0.1) is 17.8 Å². The van der Waals surface area contributed by atoms with Crippen molar-refractivity contribution < 1.29 is 9.90 Å². The number of hydrogen-bond acceptors (Lipinski definition) is 2. The second kappa shape index (κ2) is 6.27. The molecule has 2 N–H and O–H groups in total. The number of anilines is 2. The lowest BCUT2D eigenvalue weighted by Gasteiger charge is -2.57.